The first-order valence-electron chi connectivity index (χ1n) is 7.77. The van der Waals surface area contributed by atoms with Gasteiger partial charge in [-0.2, -0.15) is 0 Å². The average molecular weight is 341 g/mol. The van der Waals surface area contributed by atoms with Gasteiger partial charge < -0.3 is 9.47 Å². The zero-order valence-corrected chi connectivity index (χ0v) is 14.1. The quantitative estimate of drug-likeness (QED) is 0.790. The Morgan fingerprint density at radius 3 is 2.52 bits per heavy atom. The molecule has 0 atom stereocenters. The number of benzene rings is 1. The monoisotopic (exact) mass is 341 g/mol. The SMILES string of the molecule is CS(=O)(=O)NCCN1CCN(Cc2ccc3c(c2)OCO3)CC1. The fraction of sp³-hybridized carbons (Fsp3) is 0.600. The molecule has 1 aromatic carbocycles. The lowest BCUT2D eigenvalue weighted by Crippen LogP contribution is -2.47. The normalized spacial score (nSPS) is 19.2. The molecule has 1 saturated heterocycles. The summed E-state index contributed by atoms with van der Waals surface area (Å²) in [5.41, 5.74) is 1.22. The molecule has 0 amide bonds. The second kappa shape index (κ2) is 7.04. The number of sulfonamides is 1. The van der Waals surface area contributed by atoms with E-state index in [4.69, 9.17) is 9.47 Å². The lowest BCUT2D eigenvalue weighted by molar-refractivity contribution is 0.129. The largest absolute Gasteiger partial charge is 0.454 e. The number of hydrogen-bond acceptors (Lipinski definition) is 6. The van der Waals surface area contributed by atoms with Crippen LogP contribution in [0, 0.1) is 0 Å². The minimum atomic E-state index is -3.09. The number of nitrogens with zero attached hydrogens (tertiary/aromatic N) is 2. The molecule has 0 bridgehead atoms. The summed E-state index contributed by atoms with van der Waals surface area (Å²) in [6, 6.07) is 6.09. The van der Waals surface area contributed by atoms with Crippen LogP contribution in [0.3, 0.4) is 0 Å². The van der Waals surface area contributed by atoms with E-state index < -0.39 is 10.0 Å². The van der Waals surface area contributed by atoms with Crippen molar-refractivity contribution in [2.45, 2.75) is 6.54 Å². The number of fused-ring (bicyclic) bond motifs is 1. The molecule has 128 valence electrons. The van der Waals surface area contributed by atoms with Crippen LogP contribution in [0.4, 0.5) is 0 Å². The first-order chi connectivity index (χ1) is 11.0. The fourth-order valence-electron chi connectivity index (χ4n) is 2.86. The summed E-state index contributed by atoms with van der Waals surface area (Å²) >= 11 is 0. The van der Waals surface area contributed by atoms with Crippen molar-refractivity contribution in [1.82, 2.24) is 14.5 Å². The van der Waals surface area contributed by atoms with Gasteiger partial charge in [-0.3, -0.25) is 9.80 Å². The standard InChI is InChI=1S/C15H23N3O4S/c1-23(19,20)16-4-5-17-6-8-18(9-7-17)11-13-2-3-14-15(10-13)22-12-21-14/h2-3,10,16H,4-9,11-12H2,1H3. The molecule has 0 unspecified atom stereocenters. The van der Waals surface area contributed by atoms with Crippen molar-refractivity contribution in [2.75, 3.05) is 52.3 Å². The van der Waals surface area contributed by atoms with E-state index in [1.165, 1.54) is 11.8 Å². The smallest absolute Gasteiger partial charge is 0.231 e. The Kier molecular flexibility index (Phi) is 5.05. The number of hydrogen-bond donors (Lipinski definition) is 1. The summed E-state index contributed by atoms with van der Waals surface area (Å²) in [4.78, 5) is 4.69. The summed E-state index contributed by atoms with van der Waals surface area (Å²) in [5, 5.41) is 0. The number of rotatable bonds is 6. The third-order valence-electron chi connectivity index (χ3n) is 4.10. The van der Waals surface area contributed by atoms with E-state index in [9.17, 15) is 8.42 Å². The van der Waals surface area contributed by atoms with Crippen LogP contribution in [-0.2, 0) is 16.6 Å². The molecule has 23 heavy (non-hydrogen) atoms. The van der Waals surface area contributed by atoms with Gasteiger partial charge in [0.25, 0.3) is 0 Å². The van der Waals surface area contributed by atoms with Crippen molar-refractivity contribution in [2.24, 2.45) is 0 Å². The number of piperazine rings is 1. The summed E-state index contributed by atoms with van der Waals surface area (Å²) in [5.74, 6) is 1.64. The maximum atomic E-state index is 11.1. The van der Waals surface area contributed by atoms with Crippen LogP contribution in [0.1, 0.15) is 5.56 Å². The summed E-state index contributed by atoms with van der Waals surface area (Å²) < 4.78 is 35.4. The zero-order chi connectivity index (χ0) is 16.3. The van der Waals surface area contributed by atoms with Crippen LogP contribution in [0.2, 0.25) is 0 Å². The molecular weight excluding hydrogens is 318 g/mol. The van der Waals surface area contributed by atoms with Gasteiger partial charge in [-0.05, 0) is 17.7 Å². The van der Waals surface area contributed by atoms with E-state index in [2.05, 4.69) is 20.6 Å². The van der Waals surface area contributed by atoms with Crippen molar-refractivity contribution in [3.05, 3.63) is 23.8 Å². The molecule has 1 fully saturated rings. The van der Waals surface area contributed by atoms with Crippen molar-refractivity contribution in [3.63, 3.8) is 0 Å². The fourth-order valence-corrected chi connectivity index (χ4v) is 3.32. The summed E-state index contributed by atoms with van der Waals surface area (Å²) in [6.45, 7) is 6.30. The molecule has 0 aliphatic carbocycles. The minimum absolute atomic E-state index is 0.305. The van der Waals surface area contributed by atoms with Gasteiger partial charge in [0, 0.05) is 45.8 Å². The zero-order valence-electron chi connectivity index (χ0n) is 13.3. The molecule has 8 heteroatoms. The molecule has 3 rings (SSSR count). The first kappa shape index (κ1) is 16.5. The van der Waals surface area contributed by atoms with Crippen LogP contribution < -0.4 is 14.2 Å². The Morgan fingerprint density at radius 2 is 1.78 bits per heavy atom. The molecule has 2 aliphatic heterocycles. The van der Waals surface area contributed by atoms with E-state index in [1.807, 2.05) is 12.1 Å². The van der Waals surface area contributed by atoms with Gasteiger partial charge in [0.1, 0.15) is 0 Å². The molecule has 7 nitrogen and oxygen atoms in total. The minimum Gasteiger partial charge on any atom is -0.454 e. The lowest BCUT2D eigenvalue weighted by atomic mass is 10.1. The second-order valence-electron chi connectivity index (χ2n) is 5.97. The Labute approximate surface area is 137 Å². The van der Waals surface area contributed by atoms with Crippen LogP contribution in [-0.4, -0.2) is 70.5 Å². The summed E-state index contributed by atoms with van der Waals surface area (Å²) in [7, 11) is -3.09. The van der Waals surface area contributed by atoms with Crippen molar-refractivity contribution >= 4 is 10.0 Å². The van der Waals surface area contributed by atoms with Gasteiger partial charge in [-0.15, -0.1) is 0 Å². The average Bonchev–Trinajstić information content (AvgIpc) is 2.95. The third-order valence-corrected chi connectivity index (χ3v) is 4.83. The van der Waals surface area contributed by atoms with Gasteiger partial charge in [-0.1, -0.05) is 6.07 Å². The predicted molar refractivity (Wildman–Crippen MR) is 87.1 cm³/mol. The van der Waals surface area contributed by atoms with Gasteiger partial charge in [0.2, 0.25) is 16.8 Å². The van der Waals surface area contributed by atoms with E-state index in [0.717, 1.165) is 50.8 Å². The molecule has 2 aliphatic rings. The van der Waals surface area contributed by atoms with Crippen molar-refractivity contribution in [3.8, 4) is 11.5 Å². The molecule has 2 heterocycles. The molecule has 1 N–H and O–H groups in total. The molecule has 0 saturated carbocycles. The third kappa shape index (κ3) is 4.81. The van der Waals surface area contributed by atoms with E-state index in [0.29, 0.717) is 13.3 Å². The molecule has 0 spiro atoms. The van der Waals surface area contributed by atoms with Gasteiger partial charge in [-0.25, -0.2) is 13.1 Å². The van der Waals surface area contributed by atoms with E-state index in [-0.39, 0.29) is 0 Å². The number of ether oxygens (including phenoxy) is 2. The van der Waals surface area contributed by atoms with Crippen molar-refractivity contribution < 1.29 is 17.9 Å². The van der Waals surface area contributed by atoms with Crippen LogP contribution in [0.25, 0.3) is 0 Å². The van der Waals surface area contributed by atoms with Gasteiger partial charge in [0.05, 0.1) is 6.26 Å². The van der Waals surface area contributed by atoms with Crippen molar-refractivity contribution in [1.29, 1.82) is 0 Å². The van der Waals surface area contributed by atoms with Crippen LogP contribution in [0.5, 0.6) is 11.5 Å². The predicted octanol–water partition coefficient (Wildman–Crippen LogP) is 0.0821. The highest BCUT2D eigenvalue weighted by atomic mass is 32.2. The topological polar surface area (TPSA) is 71.1 Å². The van der Waals surface area contributed by atoms with E-state index in [1.54, 1.807) is 0 Å². The molecular formula is C15H23N3O4S. The Balaban J connectivity index is 1.42. The van der Waals surface area contributed by atoms with Gasteiger partial charge >= 0.3 is 0 Å². The Bertz CT molecular complexity index is 642. The highest BCUT2D eigenvalue weighted by Gasteiger charge is 2.18. The van der Waals surface area contributed by atoms with Gasteiger partial charge in [0.15, 0.2) is 11.5 Å². The Hall–Kier alpha value is -1.35. The molecule has 0 aromatic heterocycles. The molecule has 0 radical (unpaired) electrons. The summed E-state index contributed by atoms with van der Waals surface area (Å²) in [6.07, 6.45) is 1.19. The number of nitrogens with one attached hydrogen (secondary N) is 1. The lowest BCUT2D eigenvalue weighted by Gasteiger charge is -2.34. The van der Waals surface area contributed by atoms with Crippen LogP contribution in [0.15, 0.2) is 18.2 Å². The van der Waals surface area contributed by atoms with E-state index >= 15 is 0 Å². The highest BCUT2D eigenvalue weighted by molar-refractivity contribution is 7.88. The maximum Gasteiger partial charge on any atom is 0.231 e. The highest BCUT2D eigenvalue weighted by Crippen LogP contribution is 2.32. The van der Waals surface area contributed by atoms with Crippen LogP contribution >= 0.6 is 0 Å². The first-order valence-corrected chi connectivity index (χ1v) is 9.67. The molecule has 1 aromatic rings. The second-order valence-corrected chi connectivity index (χ2v) is 7.80. The maximum absolute atomic E-state index is 11.1. The Morgan fingerprint density at radius 1 is 1.09 bits per heavy atom.